The van der Waals surface area contributed by atoms with Crippen LogP contribution < -0.4 is 0 Å². The van der Waals surface area contributed by atoms with Crippen LogP contribution >= 0.6 is 0 Å². The van der Waals surface area contributed by atoms with E-state index in [1.807, 2.05) is 0 Å². The zero-order chi connectivity index (χ0) is 12.8. The second-order valence-corrected chi connectivity index (χ2v) is 5.68. The van der Waals surface area contributed by atoms with Gasteiger partial charge in [0, 0.05) is 13.3 Å². The Labute approximate surface area is 103 Å². The van der Waals surface area contributed by atoms with Crippen LogP contribution in [0.25, 0.3) is 0 Å². The molecule has 0 aliphatic heterocycles. The van der Waals surface area contributed by atoms with Crippen LogP contribution in [0.5, 0.6) is 0 Å². The van der Waals surface area contributed by atoms with Crippen LogP contribution in [0.4, 0.5) is 0 Å². The molecule has 1 nitrogen and oxygen atoms in total. The minimum Gasteiger partial charge on any atom is -0.293 e. The monoisotopic (exact) mass is 226 g/mol. The van der Waals surface area contributed by atoms with Crippen LogP contribution in [0.15, 0.2) is 11.8 Å². The summed E-state index contributed by atoms with van der Waals surface area (Å²) in [5, 5.41) is 0. The van der Waals surface area contributed by atoms with Gasteiger partial charge in [-0.25, -0.2) is 0 Å². The lowest BCUT2D eigenvalue weighted by molar-refractivity contribution is -0.920. The minimum atomic E-state index is 0.348. The number of quaternary nitrogens is 1. The lowest BCUT2D eigenvalue weighted by Crippen LogP contribution is -2.57. The smallest absolute Gasteiger partial charge is 0.102 e. The predicted octanol–water partition coefficient (Wildman–Crippen LogP) is 4.74. The highest BCUT2D eigenvalue weighted by molar-refractivity contribution is 4.92. The third kappa shape index (κ3) is 3.35. The highest BCUT2D eigenvalue weighted by atomic mass is 15.4. The summed E-state index contributed by atoms with van der Waals surface area (Å²) >= 11 is 0. The van der Waals surface area contributed by atoms with Crippen molar-refractivity contribution in [3.05, 3.63) is 11.8 Å². The molecule has 0 aromatic rings. The van der Waals surface area contributed by atoms with E-state index in [1.165, 1.54) is 31.5 Å². The lowest BCUT2D eigenvalue weighted by atomic mass is 9.91. The quantitative estimate of drug-likeness (QED) is 0.550. The van der Waals surface area contributed by atoms with Crippen molar-refractivity contribution >= 4 is 0 Å². The van der Waals surface area contributed by atoms with Gasteiger partial charge >= 0.3 is 0 Å². The summed E-state index contributed by atoms with van der Waals surface area (Å²) in [5.74, 6) is 0. The van der Waals surface area contributed by atoms with Gasteiger partial charge in [0.25, 0.3) is 0 Å². The second kappa shape index (κ2) is 6.44. The Bertz CT molecular complexity index is 228. The maximum absolute atomic E-state index is 2.42. The number of hydrogen-bond donors (Lipinski definition) is 0. The fourth-order valence-corrected chi connectivity index (χ4v) is 2.51. The minimum absolute atomic E-state index is 0.348. The molecule has 0 spiro atoms. The van der Waals surface area contributed by atoms with E-state index >= 15 is 0 Å². The Balaban J connectivity index is 4.99. The van der Waals surface area contributed by atoms with E-state index in [9.17, 15) is 0 Å². The topological polar surface area (TPSA) is 0 Å². The fraction of sp³-hybridized carbons (Fsp3) is 0.867. The van der Waals surface area contributed by atoms with E-state index < -0.39 is 0 Å². The molecule has 0 aliphatic rings. The average molecular weight is 226 g/mol. The van der Waals surface area contributed by atoms with E-state index in [1.54, 1.807) is 0 Å². The molecule has 0 aromatic heterocycles. The largest absolute Gasteiger partial charge is 0.293 e. The van der Waals surface area contributed by atoms with Gasteiger partial charge in [-0.15, -0.1) is 0 Å². The van der Waals surface area contributed by atoms with E-state index in [2.05, 4.69) is 54.7 Å². The summed E-state index contributed by atoms with van der Waals surface area (Å²) in [6.07, 6.45) is 7.47. The average Bonchev–Trinajstić information content (AvgIpc) is 2.25. The Morgan fingerprint density at radius 3 is 2.12 bits per heavy atom. The van der Waals surface area contributed by atoms with E-state index in [0.29, 0.717) is 5.54 Å². The zero-order valence-electron chi connectivity index (χ0n) is 12.6. The van der Waals surface area contributed by atoms with Crippen LogP contribution in [0.1, 0.15) is 67.2 Å². The van der Waals surface area contributed by atoms with Crippen molar-refractivity contribution in [2.75, 3.05) is 13.6 Å². The number of unbranched alkanes of at least 4 members (excludes halogenated alkanes) is 1. The number of nitrogens with zero attached hydrogens (tertiary/aromatic N) is 1. The maximum atomic E-state index is 2.42. The molecular formula is C15H32N+. The summed E-state index contributed by atoms with van der Waals surface area (Å²) in [4.78, 5) is 0. The Kier molecular flexibility index (Phi) is 6.32. The molecule has 0 aromatic carbocycles. The first-order valence-electron chi connectivity index (χ1n) is 6.88. The van der Waals surface area contributed by atoms with E-state index in [4.69, 9.17) is 0 Å². The van der Waals surface area contributed by atoms with Crippen molar-refractivity contribution in [3.8, 4) is 0 Å². The summed E-state index contributed by atoms with van der Waals surface area (Å²) in [7, 11) is 2.39. The Morgan fingerprint density at radius 1 is 1.19 bits per heavy atom. The first-order chi connectivity index (χ1) is 7.35. The molecule has 0 saturated heterocycles. The molecule has 0 fully saturated rings. The van der Waals surface area contributed by atoms with Crippen molar-refractivity contribution in [1.82, 2.24) is 0 Å². The predicted molar refractivity (Wildman–Crippen MR) is 74.4 cm³/mol. The molecule has 1 unspecified atom stereocenters. The molecular weight excluding hydrogens is 194 g/mol. The second-order valence-electron chi connectivity index (χ2n) is 5.68. The highest BCUT2D eigenvalue weighted by Gasteiger charge is 2.39. The lowest BCUT2D eigenvalue weighted by Gasteiger charge is -2.47. The van der Waals surface area contributed by atoms with Gasteiger partial charge in [-0.05, 0) is 39.7 Å². The third-order valence-corrected chi connectivity index (χ3v) is 4.39. The molecule has 0 amide bonds. The van der Waals surface area contributed by atoms with Crippen LogP contribution in [0.2, 0.25) is 0 Å². The fourth-order valence-electron chi connectivity index (χ4n) is 2.51. The zero-order valence-corrected chi connectivity index (χ0v) is 12.6. The first-order valence-corrected chi connectivity index (χ1v) is 6.88. The molecule has 96 valence electrons. The summed E-state index contributed by atoms with van der Waals surface area (Å²) in [6, 6.07) is 0. The molecule has 0 radical (unpaired) electrons. The van der Waals surface area contributed by atoms with Crippen molar-refractivity contribution in [2.45, 2.75) is 72.8 Å². The van der Waals surface area contributed by atoms with Gasteiger partial charge in [-0.1, -0.05) is 20.3 Å². The third-order valence-electron chi connectivity index (χ3n) is 4.39. The van der Waals surface area contributed by atoms with Crippen LogP contribution in [0, 0.1) is 0 Å². The van der Waals surface area contributed by atoms with Gasteiger partial charge in [0.2, 0.25) is 0 Å². The SMILES string of the molecule is CC/C=C(/C)[N+](C)(CC)C(C)(C)CCCC. The first kappa shape index (κ1) is 15.7. The number of allylic oxidation sites excluding steroid dienone is 2. The standard InChI is InChI=1S/C15H32N/c1-8-11-13-15(5,6)16(7,10-3)14(4)12-9-2/h12H,8-11,13H2,1-7H3/q+1/b14-12-. The molecule has 16 heavy (non-hydrogen) atoms. The molecule has 0 bridgehead atoms. The van der Waals surface area contributed by atoms with Gasteiger partial charge in [0.1, 0.15) is 5.70 Å². The maximum Gasteiger partial charge on any atom is 0.102 e. The Hall–Kier alpha value is -0.300. The Morgan fingerprint density at radius 2 is 1.75 bits per heavy atom. The molecule has 0 heterocycles. The van der Waals surface area contributed by atoms with Crippen LogP contribution in [-0.4, -0.2) is 23.6 Å². The normalized spacial score (nSPS) is 17.3. The van der Waals surface area contributed by atoms with Crippen LogP contribution in [0.3, 0.4) is 0 Å². The van der Waals surface area contributed by atoms with Gasteiger partial charge < -0.3 is 0 Å². The number of rotatable bonds is 7. The van der Waals surface area contributed by atoms with Gasteiger partial charge in [-0.3, -0.25) is 4.48 Å². The molecule has 0 N–H and O–H groups in total. The van der Waals surface area contributed by atoms with Crippen molar-refractivity contribution in [3.63, 3.8) is 0 Å². The molecule has 0 aliphatic carbocycles. The van der Waals surface area contributed by atoms with E-state index in [0.717, 1.165) is 10.9 Å². The molecule has 0 saturated carbocycles. The van der Waals surface area contributed by atoms with E-state index in [-0.39, 0.29) is 0 Å². The highest BCUT2D eigenvalue weighted by Crippen LogP contribution is 2.32. The molecule has 1 atom stereocenters. The molecule has 0 rings (SSSR count). The van der Waals surface area contributed by atoms with Gasteiger partial charge in [-0.2, -0.15) is 0 Å². The van der Waals surface area contributed by atoms with Crippen LogP contribution in [-0.2, 0) is 0 Å². The van der Waals surface area contributed by atoms with Crippen molar-refractivity contribution < 1.29 is 4.48 Å². The summed E-state index contributed by atoms with van der Waals surface area (Å²) < 4.78 is 1.08. The van der Waals surface area contributed by atoms with Gasteiger partial charge in [0.15, 0.2) is 0 Å². The van der Waals surface area contributed by atoms with Gasteiger partial charge in [0.05, 0.1) is 19.1 Å². The van der Waals surface area contributed by atoms with Crippen molar-refractivity contribution in [2.24, 2.45) is 0 Å². The molecule has 1 heteroatoms. The summed E-state index contributed by atoms with van der Waals surface area (Å²) in [5.41, 5.74) is 1.87. The van der Waals surface area contributed by atoms with Crippen molar-refractivity contribution in [1.29, 1.82) is 0 Å². The summed E-state index contributed by atoms with van der Waals surface area (Å²) in [6.45, 7) is 15.1. The number of hydrogen-bond acceptors (Lipinski definition) is 0.